The molecule has 2 amide bonds. The predicted molar refractivity (Wildman–Crippen MR) is 94.3 cm³/mol. The van der Waals surface area contributed by atoms with Gasteiger partial charge in [-0.25, -0.2) is 4.39 Å². The fourth-order valence-electron chi connectivity index (χ4n) is 2.30. The van der Waals surface area contributed by atoms with Crippen LogP contribution in [0.4, 0.5) is 10.1 Å². The van der Waals surface area contributed by atoms with Gasteiger partial charge in [0.2, 0.25) is 5.91 Å². The van der Waals surface area contributed by atoms with Crippen LogP contribution >= 0.6 is 0 Å². The average molecular weight is 337 g/mol. The van der Waals surface area contributed by atoms with E-state index in [-0.39, 0.29) is 35.0 Å². The van der Waals surface area contributed by atoms with Gasteiger partial charge in [0, 0.05) is 24.6 Å². The van der Waals surface area contributed by atoms with E-state index >= 15 is 0 Å². The maximum atomic E-state index is 14.1. The molecule has 1 aromatic rings. The molecule has 0 saturated carbocycles. The molecule has 0 saturated heterocycles. The summed E-state index contributed by atoms with van der Waals surface area (Å²) in [5.41, 5.74) is 5.95. The van der Waals surface area contributed by atoms with Crippen molar-refractivity contribution in [1.29, 1.82) is 0 Å². The zero-order valence-electron chi connectivity index (χ0n) is 14.7. The number of anilines is 1. The molecule has 6 heteroatoms. The predicted octanol–water partition coefficient (Wildman–Crippen LogP) is 3.06. The minimum absolute atomic E-state index is 0.0820. The van der Waals surface area contributed by atoms with Gasteiger partial charge in [0.25, 0.3) is 5.91 Å². The Labute approximate surface area is 143 Å². The third kappa shape index (κ3) is 6.66. The molecule has 1 rings (SSSR count). The van der Waals surface area contributed by atoms with Crippen molar-refractivity contribution in [1.82, 2.24) is 5.32 Å². The van der Waals surface area contributed by atoms with Gasteiger partial charge in [-0.05, 0) is 30.5 Å². The first-order valence-corrected chi connectivity index (χ1v) is 8.47. The van der Waals surface area contributed by atoms with Crippen molar-refractivity contribution in [2.75, 3.05) is 11.9 Å². The number of amides is 2. The molecule has 1 atom stereocenters. The lowest BCUT2D eigenvalue weighted by atomic mass is 10.1. The summed E-state index contributed by atoms with van der Waals surface area (Å²) in [5, 5.41) is 5.34. The van der Waals surface area contributed by atoms with E-state index in [2.05, 4.69) is 17.6 Å². The minimum Gasteiger partial charge on any atom is -0.348 e. The van der Waals surface area contributed by atoms with E-state index in [0.717, 1.165) is 25.3 Å². The number of hydrogen-bond acceptors (Lipinski definition) is 3. The first-order valence-electron chi connectivity index (χ1n) is 8.47. The molecule has 0 bridgehead atoms. The van der Waals surface area contributed by atoms with Crippen LogP contribution in [0.3, 0.4) is 0 Å². The van der Waals surface area contributed by atoms with Gasteiger partial charge in [-0.15, -0.1) is 0 Å². The Morgan fingerprint density at radius 1 is 1.29 bits per heavy atom. The van der Waals surface area contributed by atoms with Crippen LogP contribution in [0.15, 0.2) is 18.2 Å². The molecule has 0 fully saturated rings. The maximum Gasteiger partial charge on any atom is 0.251 e. The summed E-state index contributed by atoms with van der Waals surface area (Å²) >= 11 is 0. The van der Waals surface area contributed by atoms with Crippen LogP contribution in [0.25, 0.3) is 0 Å². The van der Waals surface area contributed by atoms with Gasteiger partial charge in [-0.3, -0.25) is 9.59 Å². The summed E-state index contributed by atoms with van der Waals surface area (Å²) in [5.74, 6) is -1.04. The quantitative estimate of drug-likeness (QED) is 0.647. The van der Waals surface area contributed by atoms with E-state index in [1.807, 2.05) is 13.8 Å². The number of halogens is 1. The normalized spacial score (nSPS) is 12.1. The van der Waals surface area contributed by atoms with Crippen LogP contribution in [-0.4, -0.2) is 24.4 Å². The van der Waals surface area contributed by atoms with E-state index in [1.54, 1.807) is 0 Å². The van der Waals surface area contributed by atoms with E-state index in [4.69, 9.17) is 5.73 Å². The highest BCUT2D eigenvalue weighted by Gasteiger charge is 2.15. The molecule has 24 heavy (non-hydrogen) atoms. The Bertz CT molecular complexity index is 561. The van der Waals surface area contributed by atoms with Crippen molar-refractivity contribution in [2.24, 2.45) is 11.7 Å². The lowest BCUT2D eigenvalue weighted by Gasteiger charge is -2.17. The van der Waals surface area contributed by atoms with E-state index in [9.17, 15) is 14.0 Å². The van der Waals surface area contributed by atoms with Crippen LogP contribution in [0, 0.1) is 11.7 Å². The molecule has 1 aromatic carbocycles. The molecule has 134 valence electrons. The fraction of sp³-hybridized carbons (Fsp3) is 0.556. The molecule has 0 aliphatic rings. The second-order valence-corrected chi connectivity index (χ2v) is 6.39. The summed E-state index contributed by atoms with van der Waals surface area (Å²) in [7, 11) is 0. The molecule has 0 aliphatic carbocycles. The molecule has 0 aliphatic heterocycles. The number of hydrogen-bond donors (Lipinski definition) is 3. The number of carbonyl (C=O) groups excluding carboxylic acids is 2. The number of carbonyl (C=O) groups is 2. The molecular formula is C18H28FN3O2. The highest BCUT2D eigenvalue weighted by Crippen LogP contribution is 2.17. The maximum absolute atomic E-state index is 14.1. The van der Waals surface area contributed by atoms with Crippen LogP contribution in [0.2, 0.25) is 0 Å². The highest BCUT2D eigenvalue weighted by molar-refractivity contribution is 5.96. The Morgan fingerprint density at radius 3 is 2.54 bits per heavy atom. The monoisotopic (exact) mass is 337 g/mol. The molecule has 1 unspecified atom stereocenters. The Hall–Kier alpha value is -1.95. The van der Waals surface area contributed by atoms with Gasteiger partial charge >= 0.3 is 0 Å². The molecule has 5 nitrogen and oxygen atoms in total. The number of nitrogens with two attached hydrogens (primary N) is 1. The summed E-state index contributed by atoms with van der Waals surface area (Å²) in [4.78, 5) is 23.9. The minimum atomic E-state index is -0.627. The summed E-state index contributed by atoms with van der Waals surface area (Å²) < 4.78 is 14.1. The van der Waals surface area contributed by atoms with Crippen molar-refractivity contribution in [2.45, 2.75) is 52.5 Å². The fourth-order valence-corrected chi connectivity index (χ4v) is 2.30. The molecule has 0 spiro atoms. The third-order valence-corrected chi connectivity index (χ3v) is 3.62. The standard InChI is InChI=1S/C18H28FN3O2/c1-4-5-6-14(11-20)21-18(24)13-7-8-16(15(19)10-13)22-17(23)9-12(2)3/h7-8,10,12,14H,4-6,9,11,20H2,1-3H3,(H,21,24)(H,22,23). The van der Waals surface area contributed by atoms with Gasteiger partial charge in [0.15, 0.2) is 0 Å². The SMILES string of the molecule is CCCCC(CN)NC(=O)c1ccc(NC(=O)CC(C)C)c(F)c1. The summed E-state index contributed by atoms with van der Waals surface area (Å²) in [6.07, 6.45) is 3.10. The van der Waals surface area contributed by atoms with Gasteiger partial charge in [-0.2, -0.15) is 0 Å². The van der Waals surface area contributed by atoms with Gasteiger partial charge in [-0.1, -0.05) is 33.6 Å². The van der Waals surface area contributed by atoms with Crippen LogP contribution in [-0.2, 0) is 4.79 Å². The molecular weight excluding hydrogens is 309 g/mol. The molecule has 0 aromatic heterocycles. The molecule has 0 radical (unpaired) electrons. The topological polar surface area (TPSA) is 84.2 Å². The van der Waals surface area contributed by atoms with Crippen molar-refractivity contribution in [3.05, 3.63) is 29.6 Å². The number of unbranched alkanes of at least 4 members (excludes halogenated alkanes) is 1. The largest absolute Gasteiger partial charge is 0.348 e. The Morgan fingerprint density at radius 2 is 2.00 bits per heavy atom. The van der Waals surface area contributed by atoms with Crippen molar-refractivity contribution < 1.29 is 14.0 Å². The molecule has 0 heterocycles. The highest BCUT2D eigenvalue weighted by atomic mass is 19.1. The lowest BCUT2D eigenvalue weighted by Crippen LogP contribution is -2.40. The van der Waals surface area contributed by atoms with Gasteiger partial charge < -0.3 is 16.4 Å². The number of nitrogens with one attached hydrogen (secondary N) is 2. The molecule has 4 N–H and O–H groups in total. The lowest BCUT2D eigenvalue weighted by molar-refractivity contribution is -0.116. The van der Waals surface area contributed by atoms with E-state index in [1.165, 1.54) is 12.1 Å². The second kappa shape index (κ2) is 10.0. The van der Waals surface area contributed by atoms with Crippen LogP contribution in [0.5, 0.6) is 0 Å². The Balaban J connectivity index is 2.72. The smallest absolute Gasteiger partial charge is 0.251 e. The van der Waals surface area contributed by atoms with Crippen molar-refractivity contribution in [3.8, 4) is 0 Å². The van der Waals surface area contributed by atoms with Gasteiger partial charge in [0.1, 0.15) is 5.82 Å². The van der Waals surface area contributed by atoms with Crippen LogP contribution < -0.4 is 16.4 Å². The van der Waals surface area contributed by atoms with Crippen LogP contribution in [0.1, 0.15) is 56.8 Å². The van der Waals surface area contributed by atoms with Crippen molar-refractivity contribution in [3.63, 3.8) is 0 Å². The Kier molecular flexibility index (Phi) is 8.40. The summed E-state index contributed by atoms with van der Waals surface area (Å²) in [6, 6.07) is 3.92. The zero-order chi connectivity index (χ0) is 18.1. The average Bonchev–Trinajstić information content (AvgIpc) is 2.52. The zero-order valence-corrected chi connectivity index (χ0v) is 14.7. The first kappa shape index (κ1) is 20.1. The second-order valence-electron chi connectivity index (χ2n) is 6.39. The van der Waals surface area contributed by atoms with E-state index in [0.29, 0.717) is 13.0 Å². The van der Waals surface area contributed by atoms with Crippen molar-refractivity contribution >= 4 is 17.5 Å². The van der Waals surface area contributed by atoms with E-state index < -0.39 is 5.82 Å². The third-order valence-electron chi connectivity index (χ3n) is 3.62. The van der Waals surface area contributed by atoms with Gasteiger partial charge in [0.05, 0.1) is 5.69 Å². The first-order chi connectivity index (χ1) is 11.4. The summed E-state index contributed by atoms with van der Waals surface area (Å²) in [6.45, 7) is 6.24. The number of benzene rings is 1. The number of rotatable bonds is 9.